The topological polar surface area (TPSA) is 101 Å². The number of hydrogen-bond acceptors (Lipinski definition) is 7. The zero-order valence-electron chi connectivity index (χ0n) is 22.7. The molecule has 0 aliphatic carbocycles. The van der Waals surface area contributed by atoms with E-state index in [1.54, 1.807) is 36.3 Å². The number of aromatic nitrogens is 1. The van der Waals surface area contributed by atoms with Gasteiger partial charge >= 0.3 is 0 Å². The Kier molecular flexibility index (Phi) is 10.2. The minimum atomic E-state index is -0.533. The van der Waals surface area contributed by atoms with Gasteiger partial charge in [-0.25, -0.2) is 0 Å². The van der Waals surface area contributed by atoms with Crippen molar-refractivity contribution >= 4 is 17.7 Å². The van der Waals surface area contributed by atoms with Crippen LogP contribution in [0.3, 0.4) is 0 Å². The van der Waals surface area contributed by atoms with Gasteiger partial charge in [-0.1, -0.05) is 72.8 Å². The van der Waals surface area contributed by atoms with Gasteiger partial charge in [0.05, 0.1) is 31.0 Å². The van der Waals surface area contributed by atoms with Crippen LogP contribution >= 0.6 is 11.8 Å². The van der Waals surface area contributed by atoms with E-state index in [0.717, 1.165) is 39.1 Å². The molecule has 8 heteroatoms. The smallest absolute Gasteiger partial charge is 0.253 e. The first-order valence-corrected chi connectivity index (χ1v) is 14.9. The van der Waals surface area contributed by atoms with Crippen molar-refractivity contribution in [2.45, 2.75) is 38.1 Å². The first-order chi connectivity index (χ1) is 20.1. The maximum absolute atomic E-state index is 12.6. The highest BCUT2D eigenvalue weighted by Crippen LogP contribution is 2.39. The molecule has 3 atom stereocenters. The molecule has 3 aromatic carbocycles. The van der Waals surface area contributed by atoms with E-state index >= 15 is 0 Å². The van der Waals surface area contributed by atoms with Gasteiger partial charge in [-0.2, -0.15) is 11.8 Å². The third-order valence-corrected chi connectivity index (χ3v) is 8.11. The fourth-order valence-corrected chi connectivity index (χ4v) is 5.63. The predicted molar refractivity (Wildman–Crippen MR) is 160 cm³/mol. The largest absolute Gasteiger partial charge is 0.396 e. The van der Waals surface area contributed by atoms with E-state index < -0.39 is 6.29 Å². The lowest BCUT2D eigenvalue weighted by molar-refractivity contribution is -0.245. The van der Waals surface area contributed by atoms with Crippen molar-refractivity contribution in [2.75, 3.05) is 18.1 Å². The molecule has 0 bridgehead atoms. The van der Waals surface area contributed by atoms with Gasteiger partial charge < -0.3 is 25.0 Å². The van der Waals surface area contributed by atoms with E-state index in [0.29, 0.717) is 24.3 Å². The van der Waals surface area contributed by atoms with Crippen LogP contribution in [0.25, 0.3) is 11.1 Å². The van der Waals surface area contributed by atoms with Crippen LogP contribution in [0.5, 0.6) is 0 Å². The maximum Gasteiger partial charge on any atom is 0.253 e. The standard InChI is InChI=1S/C33H34N2O5S/c36-16-17-41-22-29-18-31(25-9-7-23(21-37)8-10-25)40-33(39-29)26-13-11-24(12-14-26)30-6-2-1-4-27(30)20-35-32(38)28-5-3-15-34-19-28/h1-15,19,29,31,33,36-37H,16-18,20-22H2,(H,35,38)/t29-,31+,33+/m1/s1. The quantitative estimate of drug-likeness (QED) is 0.206. The number of nitrogens with zero attached hydrogens (tertiary/aromatic N) is 1. The van der Waals surface area contributed by atoms with Gasteiger partial charge in [0, 0.05) is 42.4 Å². The molecule has 1 saturated heterocycles. The highest BCUT2D eigenvalue weighted by Gasteiger charge is 2.32. The van der Waals surface area contributed by atoms with Gasteiger partial charge in [0.2, 0.25) is 0 Å². The molecule has 7 nitrogen and oxygen atoms in total. The number of rotatable bonds is 11. The fourth-order valence-electron chi connectivity index (χ4n) is 4.85. The normalized spacial score (nSPS) is 18.6. The van der Waals surface area contributed by atoms with Crippen molar-refractivity contribution in [2.24, 2.45) is 0 Å². The lowest BCUT2D eigenvalue weighted by Gasteiger charge is -2.36. The van der Waals surface area contributed by atoms with Crippen LogP contribution in [-0.2, 0) is 22.6 Å². The van der Waals surface area contributed by atoms with Crippen molar-refractivity contribution in [1.82, 2.24) is 10.3 Å². The van der Waals surface area contributed by atoms with Crippen molar-refractivity contribution in [3.05, 3.63) is 125 Å². The molecule has 41 heavy (non-hydrogen) atoms. The SMILES string of the molecule is O=C(NCc1ccccc1-c1ccc([C@H]2O[C@@H](CSCCO)C[C@@H](c3ccc(CO)cc3)O2)cc1)c1cccnc1. The van der Waals surface area contributed by atoms with E-state index in [1.165, 1.54) is 0 Å². The van der Waals surface area contributed by atoms with E-state index in [9.17, 15) is 15.0 Å². The van der Waals surface area contributed by atoms with E-state index in [2.05, 4.69) is 28.5 Å². The van der Waals surface area contributed by atoms with Gasteiger partial charge in [0.1, 0.15) is 0 Å². The molecule has 0 saturated carbocycles. The number of carbonyl (C=O) groups excluding carboxylic acids is 1. The Hall–Kier alpha value is -3.53. The minimum Gasteiger partial charge on any atom is -0.396 e. The Morgan fingerprint density at radius 3 is 2.44 bits per heavy atom. The Bertz CT molecular complexity index is 1400. The molecule has 1 aliphatic heterocycles. The summed E-state index contributed by atoms with van der Waals surface area (Å²) >= 11 is 1.67. The van der Waals surface area contributed by atoms with Gasteiger partial charge in [0.15, 0.2) is 6.29 Å². The highest BCUT2D eigenvalue weighted by molar-refractivity contribution is 7.99. The molecular formula is C33H34N2O5S. The molecule has 0 radical (unpaired) electrons. The summed E-state index contributed by atoms with van der Waals surface area (Å²) < 4.78 is 12.8. The second-order valence-corrected chi connectivity index (χ2v) is 11.0. The molecular weight excluding hydrogens is 536 g/mol. The van der Waals surface area contributed by atoms with Gasteiger partial charge in [0.25, 0.3) is 5.91 Å². The molecule has 2 heterocycles. The Morgan fingerprint density at radius 1 is 0.927 bits per heavy atom. The number of benzene rings is 3. The van der Waals surface area contributed by atoms with E-state index in [1.807, 2.05) is 54.6 Å². The number of amides is 1. The van der Waals surface area contributed by atoms with Crippen LogP contribution in [0.1, 0.15) is 51.4 Å². The second kappa shape index (κ2) is 14.4. The zero-order chi connectivity index (χ0) is 28.4. The molecule has 1 aliphatic rings. The first-order valence-electron chi connectivity index (χ1n) is 13.7. The summed E-state index contributed by atoms with van der Waals surface area (Å²) in [4.78, 5) is 16.6. The van der Waals surface area contributed by atoms with Crippen LogP contribution in [-0.4, -0.2) is 45.3 Å². The molecule has 1 fully saturated rings. The maximum atomic E-state index is 12.6. The summed E-state index contributed by atoms with van der Waals surface area (Å²) in [6.45, 7) is 0.536. The highest BCUT2D eigenvalue weighted by atomic mass is 32.2. The Morgan fingerprint density at radius 2 is 1.71 bits per heavy atom. The minimum absolute atomic E-state index is 0.00428. The Balaban J connectivity index is 1.31. The molecule has 5 rings (SSSR count). The lowest BCUT2D eigenvalue weighted by Crippen LogP contribution is -2.31. The molecule has 0 unspecified atom stereocenters. The lowest BCUT2D eigenvalue weighted by atomic mass is 9.97. The van der Waals surface area contributed by atoms with Gasteiger partial charge in [-0.3, -0.25) is 9.78 Å². The van der Waals surface area contributed by atoms with E-state index in [4.69, 9.17) is 9.47 Å². The Labute approximate surface area is 244 Å². The fraction of sp³-hybridized carbons (Fsp3) is 0.273. The van der Waals surface area contributed by atoms with Crippen LogP contribution in [0.4, 0.5) is 0 Å². The molecule has 0 spiro atoms. The number of thioether (sulfide) groups is 1. The third-order valence-electron chi connectivity index (χ3n) is 7.03. The predicted octanol–water partition coefficient (Wildman–Crippen LogP) is 5.44. The van der Waals surface area contributed by atoms with Crippen LogP contribution in [0, 0.1) is 0 Å². The van der Waals surface area contributed by atoms with Crippen molar-refractivity contribution in [1.29, 1.82) is 0 Å². The number of carbonyl (C=O) groups is 1. The molecule has 1 aromatic heterocycles. The summed E-state index contributed by atoms with van der Waals surface area (Å²) in [7, 11) is 0. The second-order valence-electron chi connectivity index (χ2n) is 9.85. The van der Waals surface area contributed by atoms with Gasteiger partial charge in [-0.15, -0.1) is 0 Å². The van der Waals surface area contributed by atoms with Gasteiger partial charge in [-0.05, 0) is 39.9 Å². The van der Waals surface area contributed by atoms with Crippen molar-refractivity contribution < 1.29 is 24.5 Å². The van der Waals surface area contributed by atoms with Crippen molar-refractivity contribution in [3.8, 4) is 11.1 Å². The zero-order valence-corrected chi connectivity index (χ0v) is 23.5. The van der Waals surface area contributed by atoms with Crippen LogP contribution in [0.2, 0.25) is 0 Å². The third kappa shape index (κ3) is 7.61. The monoisotopic (exact) mass is 570 g/mol. The summed E-state index contributed by atoms with van der Waals surface area (Å²) in [6, 6.07) is 27.5. The average Bonchev–Trinajstić information content (AvgIpc) is 3.04. The number of aliphatic hydroxyl groups is 2. The number of aliphatic hydroxyl groups excluding tert-OH is 2. The average molecular weight is 571 g/mol. The number of pyridine rings is 1. The summed E-state index contributed by atoms with van der Waals surface area (Å²) in [5, 5.41) is 21.6. The molecule has 212 valence electrons. The number of hydrogen-bond donors (Lipinski definition) is 3. The molecule has 3 N–H and O–H groups in total. The number of nitrogens with one attached hydrogen (secondary N) is 1. The molecule has 4 aromatic rings. The van der Waals surface area contributed by atoms with Crippen LogP contribution < -0.4 is 5.32 Å². The van der Waals surface area contributed by atoms with Crippen molar-refractivity contribution in [3.63, 3.8) is 0 Å². The summed E-state index contributed by atoms with van der Waals surface area (Å²) in [5.74, 6) is 1.27. The van der Waals surface area contributed by atoms with E-state index in [-0.39, 0.29) is 31.3 Å². The van der Waals surface area contributed by atoms with Crippen LogP contribution in [0.15, 0.2) is 97.3 Å². The summed E-state index contributed by atoms with van der Waals surface area (Å²) in [6.07, 6.45) is 3.20. The molecule has 1 amide bonds. The number of ether oxygens (including phenoxy) is 2. The first kappa shape index (κ1) is 29.0. The summed E-state index contributed by atoms with van der Waals surface area (Å²) in [5.41, 5.74) is 6.43.